The maximum atomic E-state index is 11.1. The van der Waals surface area contributed by atoms with Crippen LogP contribution in [0.4, 0.5) is 0 Å². The zero-order valence-electron chi connectivity index (χ0n) is 9.64. The lowest BCUT2D eigenvalue weighted by atomic mass is 9.76. The van der Waals surface area contributed by atoms with E-state index < -0.39 is 0 Å². The van der Waals surface area contributed by atoms with Crippen LogP contribution in [0, 0.1) is 5.41 Å². The van der Waals surface area contributed by atoms with Crippen LogP contribution in [-0.4, -0.2) is 12.1 Å². The Hall–Kier alpha value is -0.660. The smallest absolute Gasteiger partial charge is 0.130 e. The number of carbonyl (C=O) groups excluding carboxylic acids is 2. The van der Waals surface area contributed by atoms with Crippen molar-refractivity contribution in [1.82, 2.24) is 0 Å². The van der Waals surface area contributed by atoms with Gasteiger partial charge in [-0.1, -0.05) is 33.1 Å². The summed E-state index contributed by atoms with van der Waals surface area (Å²) < 4.78 is 0. The molecule has 0 N–H and O–H groups in total. The highest BCUT2D eigenvalue weighted by atomic mass is 16.1. The molecule has 0 aliphatic rings. The van der Waals surface area contributed by atoms with Crippen LogP contribution in [0.2, 0.25) is 0 Å². The van der Waals surface area contributed by atoms with Crippen molar-refractivity contribution in [3.63, 3.8) is 0 Å². The van der Waals surface area contributed by atoms with Gasteiger partial charge in [-0.05, 0) is 19.8 Å². The molecule has 0 saturated heterocycles. The molecule has 1 atom stereocenters. The Labute approximate surface area is 87.1 Å². The van der Waals surface area contributed by atoms with Crippen LogP contribution in [0.1, 0.15) is 59.3 Å². The second-order valence-electron chi connectivity index (χ2n) is 4.21. The summed E-state index contributed by atoms with van der Waals surface area (Å²) in [6.45, 7) is 5.74. The summed E-state index contributed by atoms with van der Waals surface area (Å²) in [5.41, 5.74) is -0.364. The Balaban J connectivity index is 4.41. The summed E-state index contributed by atoms with van der Waals surface area (Å²) in [6, 6.07) is 0. The quantitative estimate of drug-likeness (QED) is 0.561. The largest absolute Gasteiger partial charge is 0.303 e. The molecule has 0 amide bonds. The third-order valence-electron chi connectivity index (χ3n) is 2.63. The lowest BCUT2D eigenvalue weighted by Crippen LogP contribution is -2.25. The average molecular weight is 198 g/mol. The van der Waals surface area contributed by atoms with Gasteiger partial charge in [0.15, 0.2) is 0 Å². The number of ketones is 1. The van der Waals surface area contributed by atoms with E-state index in [1.807, 2.05) is 0 Å². The third kappa shape index (κ3) is 4.54. The van der Waals surface area contributed by atoms with Crippen LogP contribution in [0.5, 0.6) is 0 Å². The molecule has 0 rings (SSSR count). The lowest BCUT2D eigenvalue weighted by Gasteiger charge is -2.26. The summed E-state index contributed by atoms with van der Waals surface area (Å²) in [7, 11) is 0. The predicted molar refractivity (Wildman–Crippen MR) is 58.2 cm³/mol. The second kappa shape index (κ2) is 6.74. The fourth-order valence-electron chi connectivity index (χ4n) is 1.98. The number of rotatable bonds is 8. The van der Waals surface area contributed by atoms with Crippen LogP contribution in [0.15, 0.2) is 0 Å². The van der Waals surface area contributed by atoms with Gasteiger partial charge in [0.2, 0.25) is 0 Å². The predicted octanol–water partition coefficient (Wildman–Crippen LogP) is 3.14. The minimum absolute atomic E-state index is 0.127. The minimum Gasteiger partial charge on any atom is -0.303 e. The number of carbonyl (C=O) groups is 2. The van der Waals surface area contributed by atoms with E-state index in [-0.39, 0.29) is 11.2 Å². The Kier molecular flexibility index (Phi) is 6.43. The van der Waals surface area contributed by atoms with Gasteiger partial charge in [-0.25, -0.2) is 0 Å². The highest BCUT2D eigenvalue weighted by molar-refractivity contribution is 5.80. The van der Waals surface area contributed by atoms with E-state index in [2.05, 4.69) is 13.8 Å². The van der Waals surface area contributed by atoms with E-state index in [0.29, 0.717) is 6.42 Å². The van der Waals surface area contributed by atoms with Gasteiger partial charge in [0, 0.05) is 11.8 Å². The Morgan fingerprint density at radius 1 is 1.21 bits per heavy atom. The summed E-state index contributed by atoms with van der Waals surface area (Å²) >= 11 is 0. The molecule has 0 fully saturated rings. The average Bonchev–Trinajstić information content (AvgIpc) is 2.14. The molecule has 2 nitrogen and oxygen atoms in total. The van der Waals surface area contributed by atoms with E-state index in [9.17, 15) is 9.59 Å². The molecular formula is C12H22O2. The van der Waals surface area contributed by atoms with Crippen LogP contribution >= 0.6 is 0 Å². The molecule has 2 heteroatoms. The molecule has 0 heterocycles. The van der Waals surface area contributed by atoms with Crippen molar-refractivity contribution >= 4 is 12.1 Å². The van der Waals surface area contributed by atoms with Gasteiger partial charge in [-0.15, -0.1) is 0 Å². The van der Waals surface area contributed by atoms with Gasteiger partial charge >= 0.3 is 0 Å². The van der Waals surface area contributed by atoms with E-state index in [1.54, 1.807) is 6.92 Å². The van der Waals surface area contributed by atoms with Crippen molar-refractivity contribution in [1.29, 1.82) is 0 Å². The SMILES string of the molecule is CCCCC(C=O)(CCC)CC(C)=O. The van der Waals surface area contributed by atoms with Gasteiger partial charge in [0.05, 0.1) is 0 Å². The first-order valence-electron chi connectivity index (χ1n) is 5.56. The zero-order chi connectivity index (χ0) is 11.0. The molecule has 0 saturated carbocycles. The minimum atomic E-state index is -0.364. The lowest BCUT2D eigenvalue weighted by molar-refractivity contribution is -0.126. The standard InChI is InChI=1S/C12H22O2/c1-4-6-8-12(10-13,7-5-2)9-11(3)14/h10H,4-9H2,1-3H3. The maximum Gasteiger partial charge on any atom is 0.130 e. The number of hydrogen-bond donors (Lipinski definition) is 0. The van der Waals surface area contributed by atoms with Crippen molar-refractivity contribution in [3.05, 3.63) is 0 Å². The maximum absolute atomic E-state index is 11.1. The van der Waals surface area contributed by atoms with E-state index in [1.165, 1.54) is 0 Å². The first kappa shape index (κ1) is 13.3. The van der Waals surface area contributed by atoms with Gasteiger partial charge in [-0.2, -0.15) is 0 Å². The van der Waals surface area contributed by atoms with Crippen molar-refractivity contribution in [3.8, 4) is 0 Å². The molecule has 0 aliphatic carbocycles. The molecule has 1 unspecified atom stereocenters. The van der Waals surface area contributed by atoms with Gasteiger partial charge in [0.1, 0.15) is 12.1 Å². The normalized spacial score (nSPS) is 14.8. The Morgan fingerprint density at radius 2 is 1.86 bits per heavy atom. The van der Waals surface area contributed by atoms with Gasteiger partial charge in [-0.3, -0.25) is 4.79 Å². The molecule has 82 valence electrons. The van der Waals surface area contributed by atoms with Crippen molar-refractivity contribution in [2.75, 3.05) is 0 Å². The molecule has 0 bridgehead atoms. The van der Waals surface area contributed by atoms with Crippen LogP contribution < -0.4 is 0 Å². The summed E-state index contributed by atoms with van der Waals surface area (Å²) in [4.78, 5) is 22.2. The second-order valence-corrected chi connectivity index (χ2v) is 4.21. The first-order chi connectivity index (χ1) is 6.60. The van der Waals surface area contributed by atoms with Crippen LogP contribution in [0.3, 0.4) is 0 Å². The van der Waals surface area contributed by atoms with Crippen LogP contribution in [-0.2, 0) is 9.59 Å². The molecule has 0 aliphatic heterocycles. The highest BCUT2D eigenvalue weighted by Gasteiger charge is 2.29. The number of unbranched alkanes of at least 4 members (excludes halogenated alkanes) is 1. The van der Waals surface area contributed by atoms with E-state index >= 15 is 0 Å². The molecule has 14 heavy (non-hydrogen) atoms. The molecule has 0 aromatic heterocycles. The first-order valence-corrected chi connectivity index (χ1v) is 5.56. The Morgan fingerprint density at radius 3 is 2.21 bits per heavy atom. The highest BCUT2D eigenvalue weighted by Crippen LogP contribution is 2.32. The molecule has 0 aromatic rings. The number of hydrogen-bond acceptors (Lipinski definition) is 2. The monoisotopic (exact) mass is 198 g/mol. The Bertz CT molecular complexity index is 187. The van der Waals surface area contributed by atoms with Crippen molar-refractivity contribution in [2.24, 2.45) is 5.41 Å². The van der Waals surface area contributed by atoms with Gasteiger partial charge in [0.25, 0.3) is 0 Å². The fourth-order valence-corrected chi connectivity index (χ4v) is 1.98. The number of Topliss-reactive ketones (excluding diaryl/α,β-unsaturated/α-hetero) is 1. The zero-order valence-corrected chi connectivity index (χ0v) is 9.64. The molecule has 0 aromatic carbocycles. The summed E-state index contributed by atoms with van der Waals surface area (Å²) in [5, 5.41) is 0. The molecule has 0 spiro atoms. The summed E-state index contributed by atoms with van der Waals surface area (Å²) in [5.74, 6) is 0.127. The van der Waals surface area contributed by atoms with E-state index in [0.717, 1.165) is 38.4 Å². The molecule has 0 radical (unpaired) electrons. The summed E-state index contributed by atoms with van der Waals surface area (Å²) in [6.07, 6.45) is 6.22. The number of aldehydes is 1. The topological polar surface area (TPSA) is 34.1 Å². The van der Waals surface area contributed by atoms with Crippen molar-refractivity contribution in [2.45, 2.75) is 59.3 Å². The van der Waals surface area contributed by atoms with E-state index in [4.69, 9.17) is 0 Å². The van der Waals surface area contributed by atoms with Crippen LogP contribution in [0.25, 0.3) is 0 Å². The fraction of sp³-hybridized carbons (Fsp3) is 0.833. The van der Waals surface area contributed by atoms with Crippen molar-refractivity contribution < 1.29 is 9.59 Å². The van der Waals surface area contributed by atoms with Gasteiger partial charge < -0.3 is 4.79 Å². The molecular weight excluding hydrogens is 176 g/mol. The third-order valence-corrected chi connectivity index (χ3v) is 2.63.